The molecule has 0 heterocycles. The Labute approximate surface area is 189 Å². The number of amides is 1. The van der Waals surface area contributed by atoms with Gasteiger partial charge in [0, 0.05) is 25.5 Å². The summed E-state index contributed by atoms with van der Waals surface area (Å²) in [5.41, 5.74) is 3.24. The first-order chi connectivity index (χ1) is 15.4. The van der Waals surface area contributed by atoms with Crippen LogP contribution in [0.15, 0.2) is 48.5 Å². The first kappa shape index (κ1) is 22.3. The van der Waals surface area contributed by atoms with Crippen LogP contribution in [0.5, 0.6) is 0 Å². The summed E-state index contributed by atoms with van der Waals surface area (Å²) >= 11 is 0. The van der Waals surface area contributed by atoms with Crippen molar-refractivity contribution in [2.75, 3.05) is 13.7 Å². The molecule has 32 heavy (non-hydrogen) atoms. The predicted octanol–water partition coefficient (Wildman–Crippen LogP) is 5.06. The van der Waals surface area contributed by atoms with E-state index in [1.807, 2.05) is 38.1 Å². The molecular formula is C26H31NO5. The van der Waals surface area contributed by atoms with Crippen molar-refractivity contribution in [2.45, 2.75) is 63.1 Å². The molecular weight excluding hydrogens is 406 g/mol. The average Bonchev–Trinajstić information content (AvgIpc) is 3.11. The van der Waals surface area contributed by atoms with Gasteiger partial charge in [-0.3, -0.25) is 4.90 Å². The topological polar surface area (TPSA) is 76.1 Å². The second-order valence-corrected chi connectivity index (χ2v) is 9.06. The maximum atomic E-state index is 13.4. The van der Waals surface area contributed by atoms with Crippen LogP contribution in [0.4, 0.5) is 4.79 Å². The van der Waals surface area contributed by atoms with E-state index in [-0.39, 0.29) is 31.1 Å². The quantitative estimate of drug-likeness (QED) is 0.684. The van der Waals surface area contributed by atoms with Crippen molar-refractivity contribution in [3.05, 3.63) is 59.7 Å². The second kappa shape index (κ2) is 8.94. The minimum Gasteiger partial charge on any atom is -0.479 e. The summed E-state index contributed by atoms with van der Waals surface area (Å²) in [4.78, 5) is 27.3. The molecule has 2 aromatic carbocycles. The van der Waals surface area contributed by atoms with Crippen molar-refractivity contribution in [3.8, 4) is 11.1 Å². The molecule has 1 saturated carbocycles. The number of methoxy groups -OCH3 is 1. The lowest BCUT2D eigenvalue weighted by Gasteiger charge is -2.46. The molecule has 2 aromatic rings. The number of hydrogen-bond donors (Lipinski definition) is 1. The molecule has 6 heteroatoms. The Hall–Kier alpha value is -2.86. The Balaban J connectivity index is 1.59. The van der Waals surface area contributed by atoms with Gasteiger partial charge >= 0.3 is 12.1 Å². The van der Waals surface area contributed by atoms with Gasteiger partial charge in [0.15, 0.2) is 0 Å². The molecule has 0 saturated heterocycles. The Bertz CT molecular complexity index is 958. The maximum absolute atomic E-state index is 13.4. The number of benzene rings is 2. The van der Waals surface area contributed by atoms with Gasteiger partial charge in [-0.15, -0.1) is 0 Å². The Morgan fingerprint density at radius 2 is 1.69 bits per heavy atom. The number of rotatable bonds is 6. The summed E-state index contributed by atoms with van der Waals surface area (Å²) < 4.78 is 11.3. The van der Waals surface area contributed by atoms with Crippen molar-refractivity contribution in [3.63, 3.8) is 0 Å². The molecule has 2 aliphatic rings. The number of fused-ring (bicyclic) bond motifs is 3. The van der Waals surface area contributed by atoms with Crippen LogP contribution < -0.4 is 0 Å². The number of carboxylic acids is 1. The molecule has 0 aliphatic heterocycles. The third-order valence-corrected chi connectivity index (χ3v) is 6.92. The number of ether oxygens (including phenoxy) is 2. The van der Waals surface area contributed by atoms with Crippen molar-refractivity contribution in [1.82, 2.24) is 4.90 Å². The molecule has 2 atom stereocenters. The Morgan fingerprint density at radius 1 is 1.09 bits per heavy atom. The molecule has 1 fully saturated rings. The fourth-order valence-corrected chi connectivity index (χ4v) is 5.46. The normalized spacial score (nSPS) is 22.3. The SMILES string of the molecule is COC1CCCC(C(=O)O)(N(C(=O)OCC2c3ccccc3-c3ccccc32)C(C)C)C1. The predicted molar refractivity (Wildman–Crippen MR) is 122 cm³/mol. The lowest BCUT2D eigenvalue weighted by Crippen LogP contribution is -2.62. The van der Waals surface area contributed by atoms with E-state index in [9.17, 15) is 14.7 Å². The zero-order valence-corrected chi connectivity index (χ0v) is 18.9. The zero-order chi connectivity index (χ0) is 22.9. The van der Waals surface area contributed by atoms with Crippen molar-refractivity contribution in [1.29, 1.82) is 0 Å². The molecule has 0 bridgehead atoms. The minimum absolute atomic E-state index is 0.0702. The van der Waals surface area contributed by atoms with Gasteiger partial charge in [-0.1, -0.05) is 48.5 Å². The highest BCUT2D eigenvalue weighted by Gasteiger charge is 2.51. The molecule has 1 N–H and O–H groups in total. The van der Waals surface area contributed by atoms with Gasteiger partial charge in [-0.25, -0.2) is 9.59 Å². The molecule has 6 nitrogen and oxygen atoms in total. The summed E-state index contributed by atoms with van der Waals surface area (Å²) in [6, 6.07) is 16.0. The fourth-order valence-electron chi connectivity index (χ4n) is 5.46. The molecule has 2 aliphatic carbocycles. The minimum atomic E-state index is -1.32. The summed E-state index contributed by atoms with van der Waals surface area (Å²) in [5.74, 6) is -1.07. The van der Waals surface area contributed by atoms with Gasteiger partial charge in [0.05, 0.1) is 6.10 Å². The van der Waals surface area contributed by atoms with E-state index in [0.29, 0.717) is 12.8 Å². The Morgan fingerprint density at radius 3 is 2.22 bits per heavy atom. The van der Waals surface area contributed by atoms with E-state index in [1.165, 1.54) is 4.90 Å². The van der Waals surface area contributed by atoms with Gasteiger partial charge in [0.2, 0.25) is 0 Å². The van der Waals surface area contributed by atoms with Gasteiger partial charge in [0.1, 0.15) is 12.1 Å². The van der Waals surface area contributed by atoms with Gasteiger partial charge in [-0.2, -0.15) is 0 Å². The van der Waals surface area contributed by atoms with Crippen LogP contribution in [0, 0.1) is 0 Å². The van der Waals surface area contributed by atoms with E-state index in [2.05, 4.69) is 24.3 Å². The van der Waals surface area contributed by atoms with Crippen molar-refractivity contribution in [2.24, 2.45) is 0 Å². The van der Waals surface area contributed by atoms with Crippen LogP contribution in [0.25, 0.3) is 11.1 Å². The van der Waals surface area contributed by atoms with Crippen LogP contribution in [-0.2, 0) is 14.3 Å². The number of carboxylic acid groups (broad SMARTS) is 1. The third kappa shape index (κ3) is 3.77. The maximum Gasteiger partial charge on any atom is 0.410 e. The van der Waals surface area contributed by atoms with E-state index < -0.39 is 17.6 Å². The molecule has 4 rings (SSSR count). The highest BCUT2D eigenvalue weighted by Crippen LogP contribution is 2.45. The van der Waals surface area contributed by atoms with Crippen LogP contribution in [0.3, 0.4) is 0 Å². The summed E-state index contributed by atoms with van der Waals surface area (Å²) in [5, 5.41) is 10.2. The highest BCUT2D eigenvalue weighted by atomic mass is 16.6. The van der Waals surface area contributed by atoms with E-state index in [1.54, 1.807) is 7.11 Å². The molecule has 1 amide bonds. The first-order valence-corrected chi connectivity index (χ1v) is 11.3. The fraction of sp³-hybridized carbons (Fsp3) is 0.462. The standard InChI is InChI=1S/C26H31NO5/c1-17(2)27(26(24(28)29)14-8-9-18(15-26)31-3)25(30)32-16-23-21-12-6-4-10-19(21)20-11-5-7-13-22(20)23/h4-7,10-13,17-18,23H,8-9,14-16H2,1-3H3,(H,28,29). The van der Waals surface area contributed by atoms with Crippen LogP contribution in [0.1, 0.15) is 56.6 Å². The smallest absolute Gasteiger partial charge is 0.410 e. The van der Waals surface area contributed by atoms with E-state index in [4.69, 9.17) is 9.47 Å². The van der Waals surface area contributed by atoms with Crippen LogP contribution >= 0.6 is 0 Å². The summed E-state index contributed by atoms with van der Waals surface area (Å²) in [7, 11) is 1.59. The summed E-state index contributed by atoms with van der Waals surface area (Å²) in [6.07, 6.45) is 1.36. The third-order valence-electron chi connectivity index (χ3n) is 6.92. The van der Waals surface area contributed by atoms with E-state index >= 15 is 0 Å². The summed E-state index contributed by atoms with van der Waals surface area (Å²) in [6.45, 7) is 3.84. The number of nitrogens with zero attached hydrogens (tertiary/aromatic N) is 1. The largest absolute Gasteiger partial charge is 0.479 e. The van der Waals surface area contributed by atoms with Crippen molar-refractivity contribution >= 4 is 12.1 Å². The van der Waals surface area contributed by atoms with Gasteiger partial charge in [0.25, 0.3) is 0 Å². The molecule has 170 valence electrons. The van der Waals surface area contributed by atoms with Crippen LogP contribution in [0.2, 0.25) is 0 Å². The molecule has 2 unspecified atom stereocenters. The monoisotopic (exact) mass is 437 g/mol. The van der Waals surface area contributed by atoms with Crippen molar-refractivity contribution < 1.29 is 24.2 Å². The van der Waals surface area contributed by atoms with Gasteiger partial charge in [-0.05, 0) is 55.4 Å². The Kier molecular flexibility index (Phi) is 6.24. The first-order valence-electron chi connectivity index (χ1n) is 11.3. The van der Waals surface area contributed by atoms with Gasteiger partial charge < -0.3 is 14.6 Å². The second-order valence-electron chi connectivity index (χ2n) is 9.06. The number of carbonyl (C=O) groups excluding carboxylic acids is 1. The average molecular weight is 438 g/mol. The molecule has 0 spiro atoms. The molecule has 0 aromatic heterocycles. The number of aliphatic carboxylic acids is 1. The number of carbonyl (C=O) groups is 2. The highest BCUT2D eigenvalue weighted by molar-refractivity contribution is 5.85. The lowest BCUT2D eigenvalue weighted by atomic mass is 9.78. The molecule has 0 radical (unpaired) electrons. The van der Waals surface area contributed by atoms with Crippen LogP contribution in [-0.4, -0.2) is 53.5 Å². The zero-order valence-electron chi connectivity index (χ0n) is 18.9. The number of hydrogen-bond acceptors (Lipinski definition) is 4. The lowest BCUT2D eigenvalue weighted by molar-refractivity contribution is -0.158. The van der Waals surface area contributed by atoms with E-state index in [0.717, 1.165) is 28.7 Å².